The highest BCUT2D eigenvalue weighted by Gasteiger charge is 2.54. The van der Waals surface area contributed by atoms with E-state index in [2.05, 4.69) is 40.8 Å². The molecule has 1 spiro atoms. The fraction of sp³-hybridized carbons (Fsp3) is 0.574. The van der Waals surface area contributed by atoms with Crippen molar-refractivity contribution in [2.75, 3.05) is 74.5 Å². The van der Waals surface area contributed by atoms with Gasteiger partial charge < -0.3 is 30.1 Å². The molecule has 3 N–H and O–H groups in total. The fourth-order valence-corrected chi connectivity index (χ4v) is 11.4. The Hall–Kier alpha value is -6.44. The van der Waals surface area contributed by atoms with Gasteiger partial charge in [0, 0.05) is 113 Å². The summed E-state index contributed by atoms with van der Waals surface area (Å²) in [6, 6.07) is 4.74. The third-order valence-electron chi connectivity index (χ3n) is 15.1. The normalized spacial score (nSPS) is 26.1. The van der Waals surface area contributed by atoms with Crippen molar-refractivity contribution in [1.29, 1.82) is 0 Å². The lowest BCUT2D eigenvalue weighted by atomic mass is 9.71. The monoisotopic (exact) mass is 918 g/mol. The average Bonchev–Trinajstić information content (AvgIpc) is 3.82. The zero-order valence-electron chi connectivity index (χ0n) is 38.1. The minimum absolute atomic E-state index is 0.00458. The van der Waals surface area contributed by atoms with Crippen LogP contribution in [0.15, 0.2) is 36.8 Å². The van der Waals surface area contributed by atoms with Crippen LogP contribution in [-0.4, -0.2) is 158 Å². The van der Waals surface area contributed by atoms with Gasteiger partial charge in [0.05, 0.1) is 29.6 Å². The summed E-state index contributed by atoms with van der Waals surface area (Å²) < 4.78 is 6.97. The van der Waals surface area contributed by atoms with E-state index in [1.54, 1.807) is 29.9 Å². The number of aryl methyl sites for hydroxylation is 1. The van der Waals surface area contributed by atoms with Crippen molar-refractivity contribution in [3.05, 3.63) is 53.5 Å². The molecular formula is C47H58N12O8. The zero-order chi connectivity index (χ0) is 46.6. The highest BCUT2D eigenvalue weighted by atomic mass is 16.5. The number of benzene rings is 1. The van der Waals surface area contributed by atoms with Crippen LogP contribution in [0.1, 0.15) is 102 Å². The summed E-state index contributed by atoms with van der Waals surface area (Å²) in [5.74, 6) is -1.46. The third-order valence-corrected chi connectivity index (χ3v) is 15.1. The SMILES string of the molecule is CCOC(=O)c1cnc(Nc2cnn(C)c2)nc1NC1CCC(N2CCN(C(=O)C3CCC(C(=O)N4CC5(C4)CN(c4ccc6c(c4)C(=O)N(C4CCC(=O)NC4=O)C6=O)C5)CC3)CC2)CC1. The minimum atomic E-state index is -1.00. The van der Waals surface area contributed by atoms with E-state index in [1.807, 2.05) is 29.1 Å². The number of hydrogen-bond donors (Lipinski definition) is 3. The molecule has 5 aliphatic heterocycles. The lowest BCUT2D eigenvalue weighted by molar-refractivity contribution is -0.152. The second-order valence-corrected chi connectivity index (χ2v) is 19.5. The molecule has 0 radical (unpaired) electrons. The van der Waals surface area contributed by atoms with Crippen LogP contribution in [0.2, 0.25) is 0 Å². The number of aromatic nitrogens is 4. The van der Waals surface area contributed by atoms with Gasteiger partial charge in [-0.1, -0.05) is 0 Å². The van der Waals surface area contributed by atoms with E-state index in [-0.39, 0.29) is 65.7 Å². The second-order valence-electron chi connectivity index (χ2n) is 19.5. The maximum atomic E-state index is 13.7. The average molecular weight is 919 g/mol. The summed E-state index contributed by atoms with van der Waals surface area (Å²) >= 11 is 0. The van der Waals surface area contributed by atoms with E-state index < -0.39 is 35.6 Å². The number of fused-ring (bicyclic) bond motifs is 1. The van der Waals surface area contributed by atoms with Crippen LogP contribution in [0.3, 0.4) is 0 Å². The van der Waals surface area contributed by atoms with E-state index in [0.717, 1.165) is 93.8 Å². The van der Waals surface area contributed by atoms with Gasteiger partial charge in [0.1, 0.15) is 17.4 Å². The van der Waals surface area contributed by atoms with E-state index in [9.17, 15) is 33.6 Å². The molecule has 6 fully saturated rings. The molecular weight excluding hydrogens is 861 g/mol. The molecule has 1 atom stereocenters. The van der Waals surface area contributed by atoms with Gasteiger partial charge in [-0.15, -0.1) is 0 Å². The summed E-state index contributed by atoms with van der Waals surface area (Å²) in [7, 11) is 1.83. The smallest absolute Gasteiger partial charge is 0.343 e. The van der Waals surface area contributed by atoms with Crippen LogP contribution >= 0.6 is 0 Å². The Balaban J connectivity index is 0.640. The van der Waals surface area contributed by atoms with Crippen LogP contribution in [0.4, 0.5) is 23.1 Å². The molecule has 1 aromatic carbocycles. The molecule has 7 heterocycles. The largest absolute Gasteiger partial charge is 0.462 e. The Morgan fingerprint density at radius 2 is 1.51 bits per heavy atom. The molecule has 2 aromatic heterocycles. The number of nitrogens with one attached hydrogen (secondary N) is 3. The van der Waals surface area contributed by atoms with Crippen molar-refractivity contribution in [2.45, 2.75) is 89.3 Å². The molecule has 0 bridgehead atoms. The summed E-state index contributed by atoms with van der Waals surface area (Å²) in [6.45, 7) is 7.94. The highest BCUT2D eigenvalue weighted by Crippen LogP contribution is 2.44. The van der Waals surface area contributed by atoms with Gasteiger partial charge >= 0.3 is 5.97 Å². The predicted octanol–water partition coefficient (Wildman–Crippen LogP) is 2.55. The van der Waals surface area contributed by atoms with Gasteiger partial charge in [-0.25, -0.2) is 9.78 Å². The van der Waals surface area contributed by atoms with E-state index in [4.69, 9.17) is 4.74 Å². The Kier molecular flexibility index (Phi) is 11.9. The van der Waals surface area contributed by atoms with Gasteiger partial charge in [-0.3, -0.25) is 48.6 Å². The van der Waals surface area contributed by atoms with Crippen molar-refractivity contribution in [3.8, 4) is 0 Å². The van der Waals surface area contributed by atoms with Crippen LogP contribution in [-0.2, 0) is 31.0 Å². The molecule has 1 unspecified atom stereocenters. The molecule has 67 heavy (non-hydrogen) atoms. The van der Waals surface area contributed by atoms with E-state index in [1.165, 1.54) is 6.20 Å². The number of hydrogen-bond acceptors (Lipinski definition) is 15. The Morgan fingerprint density at radius 1 is 0.821 bits per heavy atom. The number of piperazine rings is 1. The summed E-state index contributed by atoms with van der Waals surface area (Å²) in [5.41, 5.74) is 2.37. The first-order chi connectivity index (χ1) is 32.3. The Morgan fingerprint density at radius 3 is 2.16 bits per heavy atom. The van der Waals surface area contributed by atoms with Crippen molar-refractivity contribution < 1.29 is 38.3 Å². The van der Waals surface area contributed by atoms with Crippen LogP contribution < -0.4 is 20.9 Å². The van der Waals surface area contributed by atoms with Crippen molar-refractivity contribution in [2.24, 2.45) is 24.3 Å². The number of esters is 1. The Labute approximate surface area is 388 Å². The Bertz CT molecular complexity index is 2470. The molecule has 354 valence electrons. The van der Waals surface area contributed by atoms with Crippen molar-refractivity contribution >= 4 is 64.6 Å². The lowest BCUT2D eigenvalue weighted by Gasteiger charge is -2.61. The number of rotatable bonds is 11. The van der Waals surface area contributed by atoms with Gasteiger partial charge in [-0.05, 0) is 82.9 Å². The number of imide groups is 2. The molecule has 10 rings (SSSR count). The first-order valence-corrected chi connectivity index (χ1v) is 23.8. The lowest BCUT2D eigenvalue weighted by Crippen LogP contribution is -2.73. The fourth-order valence-electron chi connectivity index (χ4n) is 11.4. The van der Waals surface area contributed by atoms with Gasteiger partial charge in [0.2, 0.25) is 29.6 Å². The first kappa shape index (κ1) is 44.4. The minimum Gasteiger partial charge on any atom is -0.462 e. The summed E-state index contributed by atoms with van der Waals surface area (Å²) in [4.78, 5) is 109. The summed E-state index contributed by atoms with van der Waals surface area (Å²) in [5, 5.41) is 13.1. The number of carbonyl (C=O) groups excluding carboxylic acids is 7. The molecule has 4 saturated heterocycles. The van der Waals surface area contributed by atoms with E-state index in [0.29, 0.717) is 49.6 Å². The second kappa shape index (κ2) is 18.0. The molecule has 7 aliphatic rings. The number of ether oxygens (including phenoxy) is 1. The number of anilines is 4. The molecule has 20 nitrogen and oxygen atoms in total. The molecule has 20 heteroatoms. The topological polar surface area (TPSA) is 225 Å². The standard InChI is InChI=1S/C47H58N12O8/c1-3-67-45(66)36-22-48-46(51-31-21-49-54(2)23-31)53-39(36)50-30-8-10-32(11-9-30)55-16-18-56(19-17-55)41(62)28-4-6-29(7-5-28)42(63)58-26-47(27-58)24-57(25-47)33-12-13-34-35(20-33)44(65)59(43(34)64)37-14-15-38(60)52-40(37)61/h12-13,20-23,28-30,32,37H,3-11,14-19,24-27H2,1-2H3,(H,52,60,61)(H2,48,50,51,53). The quantitative estimate of drug-likeness (QED) is 0.186. The number of nitrogens with zero attached hydrogens (tertiary/aromatic N) is 9. The molecule has 2 saturated carbocycles. The van der Waals surface area contributed by atoms with Crippen LogP contribution in [0, 0.1) is 17.3 Å². The maximum Gasteiger partial charge on any atom is 0.343 e. The van der Waals surface area contributed by atoms with Crippen LogP contribution in [0.5, 0.6) is 0 Å². The molecule has 3 aromatic rings. The summed E-state index contributed by atoms with van der Waals surface area (Å²) in [6.07, 6.45) is 11.9. The van der Waals surface area contributed by atoms with Crippen molar-refractivity contribution in [1.82, 2.24) is 44.7 Å². The van der Waals surface area contributed by atoms with Gasteiger partial charge in [-0.2, -0.15) is 10.1 Å². The maximum absolute atomic E-state index is 13.7. The molecule has 6 amide bonds. The van der Waals surface area contributed by atoms with Crippen LogP contribution in [0.25, 0.3) is 0 Å². The van der Waals surface area contributed by atoms with Crippen molar-refractivity contribution in [3.63, 3.8) is 0 Å². The number of likely N-dealkylation sites (tertiary alicyclic amines) is 1. The first-order valence-electron chi connectivity index (χ1n) is 23.8. The van der Waals surface area contributed by atoms with Gasteiger partial charge in [0.15, 0.2) is 0 Å². The van der Waals surface area contributed by atoms with E-state index >= 15 is 0 Å². The molecule has 2 aliphatic carbocycles. The zero-order valence-corrected chi connectivity index (χ0v) is 38.1. The number of carbonyl (C=O) groups is 7. The highest BCUT2D eigenvalue weighted by molar-refractivity contribution is 6.23. The third kappa shape index (κ3) is 8.71. The number of amides is 6. The number of piperidine rings is 1. The van der Waals surface area contributed by atoms with Gasteiger partial charge in [0.25, 0.3) is 11.8 Å². The predicted molar refractivity (Wildman–Crippen MR) is 242 cm³/mol.